The maximum atomic E-state index is 14.9. The summed E-state index contributed by atoms with van der Waals surface area (Å²) in [5.41, 5.74) is -0.613. The van der Waals surface area contributed by atoms with Crippen molar-refractivity contribution in [3.05, 3.63) is 53.6 Å². The highest BCUT2D eigenvalue weighted by Gasteiger charge is 2.95. The second-order valence-electron chi connectivity index (χ2n) is 14.4. The molecular formula is C36H45F17O5Si. The van der Waals surface area contributed by atoms with Gasteiger partial charge in [0.15, 0.2) is 8.32 Å². The Kier molecular flexibility index (Phi) is 17.7. The quantitative estimate of drug-likeness (QED) is 0.0296. The van der Waals surface area contributed by atoms with E-state index in [-0.39, 0.29) is 24.9 Å². The fourth-order valence-corrected chi connectivity index (χ4v) is 10.3. The molecule has 0 amide bonds. The number of alkyl halides is 17. The Labute approximate surface area is 330 Å². The van der Waals surface area contributed by atoms with Gasteiger partial charge in [0, 0.05) is 12.5 Å². The van der Waals surface area contributed by atoms with Crippen LogP contribution in [0.25, 0.3) is 0 Å². The van der Waals surface area contributed by atoms with E-state index in [1.807, 2.05) is 0 Å². The van der Waals surface area contributed by atoms with Crippen LogP contribution in [-0.4, -0.2) is 86.8 Å². The summed E-state index contributed by atoms with van der Waals surface area (Å²) in [5.74, 6) is -57.3. The molecule has 0 bridgehead atoms. The largest absolute Gasteiger partial charge is 0.491 e. The third-order valence-corrected chi connectivity index (χ3v) is 15.3. The Morgan fingerprint density at radius 2 is 1.17 bits per heavy atom. The first-order chi connectivity index (χ1) is 26.5. The molecule has 1 aromatic rings. The Hall–Kier alpha value is -3.08. The molecule has 0 unspecified atom stereocenters. The first kappa shape index (κ1) is 53.9. The van der Waals surface area contributed by atoms with Gasteiger partial charge in [0.25, 0.3) is 0 Å². The van der Waals surface area contributed by atoms with Crippen LogP contribution < -0.4 is 4.74 Å². The molecule has 0 aliphatic rings. The van der Waals surface area contributed by atoms with Crippen LogP contribution in [0.15, 0.2) is 48.1 Å². The third-order valence-electron chi connectivity index (χ3n) is 9.58. The molecule has 0 aromatic heterocycles. The van der Waals surface area contributed by atoms with Gasteiger partial charge < -0.3 is 19.0 Å². The highest BCUT2D eigenvalue weighted by molar-refractivity contribution is 6.76. The minimum Gasteiger partial charge on any atom is -0.491 e. The van der Waals surface area contributed by atoms with Crippen molar-refractivity contribution in [3.63, 3.8) is 0 Å². The average molecular weight is 909 g/mol. The summed E-state index contributed by atoms with van der Waals surface area (Å²) in [6.45, 7) is 9.79. The summed E-state index contributed by atoms with van der Waals surface area (Å²) in [6, 6.07) is 4.59. The molecule has 1 N–H and O–H groups in total. The smallest absolute Gasteiger partial charge is 0.460 e. The SMILES string of the molecule is CCOC(=O)/C=C(C)/C=C/C[C@@H](C)[C@H](O)c1ccc(OCCO[Si](CCC(F)(F)C(F)(F)C(F)(F)C(F)(F)C(F)(F)C(F)(F)C(F)(F)C(F)(F)F)(C(C)C)C(C)C)cc1. The van der Waals surface area contributed by atoms with Gasteiger partial charge in [0.1, 0.15) is 12.4 Å². The lowest BCUT2D eigenvalue weighted by Crippen LogP contribution is -2.74. The van der Waals surface area contributed by atoms with Gasteiger partial charge in [-0.3, -0.25) is 0 Å². The Balaban J connectivity index is 3.14. The fraction of sp³-hybridized carbons (Fsp3) is 0.694. The molecule has 0 aliphatic carbocycles. The number of esters is 1. The van der Waals surface area contributed by atoms with Crippen LogP contribution in [0.2, 0.25) is 17.1 Å². The van der Waals surface area contributed by atoms with Crippen LogP contribution in [0.3, 0.4) is 0 Å². The molecule has 1 aromatic carbocycles. The summed E-state index contributed by atoms with van der Waals surface area (Å²) in [5, 5.41) is 10.7. The van der Waals surface area contributed by atoms with Crippen molar-refractivity contribution in [2.24, 2.45) is 5.92 Å². The standard InChI is InChI=1S/C36H45F17O5Si/c1-8-56-27(54)20-23(6)10-9-11-24(7)28(55)25-12-14-26(15-13-25)57-17-18-58-59(21(2)3,22(4)5)19-16-29(37,38)30(39,40)31(41,42)32(43,44)33(45,46)34(47,48)35(49,50)36(51,52)53/h9-10,12-15,20-22,24,28,55H,8,11,16-19H2,1-7H3/b10-9+,23-20+/t24-,28+/m1/s1. The van der Waals surface area contributed by atoms with E-state index in [2.05, 4.69) is 0 Å². The molecule has 0 heterocycles. The lowest BCUT2D eigenvalue weighted by molar-refractivity contribution is -0.461. The van der Waals surface area contributed by atoms with Crippen molar-refractivity contribution in [1.29, 1.82) is 0 Å². The third kappa shape index (κ3) is 11.1. The fourth-order valence-electron chi connectivity index (χ4n) is 5.85. The number of aliphatic hydroxyl groups is 1. The van der Waals surface area contributed by atoms with E-state index < -0.39 is 98.2 Å². The maximum Gasteiger partial charge on any atom is 0.460 e. The molecule has 59 heavy (non-hydrogen) atoms. The van der Waals surface area contributed by atoms with Gasteiger partial charge in [-0.15, -0.1) is 0 Å². The van der Waals surface area contributed by atoms with Gasteiger partial charge in [-0.05, 0) is 66.6 Å². The van der Waals surface area contributed by atoms with Crippen LogP contribution in [0.1, 0.15) is 73.0 Å². The van der Waals surface area contributed by atoms with E-state index in [4.69, 9.17) is 13.9 Å². The summed E-state index contributed by atoms with van der Waals surface area (Å²) in [6.07, 6.45) is -6.19. The molecule has 23 heteroatoms. The number of aliphatic hydroxyl groups excluding tert-OH is 1. The van der Waals surface area contributed by atoms with Crippen molar-refractivity contribution < 1.29 is 98.4 Å². The minimum absolute atomic E-state index is 0.183. The molecule has 5 nitrogen and oxygen atoms in total. The predicted octanol–water partition coefficient (Wildman–Crippen LogP) is 12.4. The molecule has 2 atom stereocenters. The second-order valence-corrected chi connectivity index (χ2v) is 19.4. The van der Waals surface area contributed by atoms with E-state index in [9.17, 15) is 84.5 Å². The van der Waals surface area contributed by atoms with Gasteiger partial charge in [0.05, 0.1) is 19.3 Å². The maximum absolute atomic E-state index is 14.9. The van der Waals surface area contributed by atoms with Crippen LogP contribution in [-0.2, 0) is 14.0 Å². The number of halogens is 17. The normalized spacial score (nSPS) is 15.9. The van der Waals surface area contributed by atoms with Crippen molar-refractivity contribution in [1.82, 2.24) is 0 Å². The van der Waals surface area contributed by atoms with Crippen molar-refractivity contribution in [2.75, 3.05) is 19.8 Å². The molecular weight excluding hydrogens is 863 g/mol. The van der Waals surface area contributed by atoms with Gasteiger partial charge in [-0.2, -0.15) is 74.6 Å². The molecule has 0 aliphatic heterocycles. The zero-order valence-electron chi connectivity index (χ0n) is 32.6. The first-order valence-corrected chi connectivity index (χ1v) is 20.0. The highest BCUT2D eigenvalue weighted by Crippen LogP contribution is 2.64. The predicted molar refractivity (Wildman–Crippen MR) is 182 cm³/mol. The molecule has 0 spiro atoms. The van der Waals surface area contributed by atoms with Crippen molar-refractivity contribution in [3.8, 4) is 5.75 Å². The number of hydrogen-bond acceptors (Lipinski definition) is 5. The van der Waals surface area contributed by atoms with E-state index in [0.717, 1.165) is 0 Å². The topological polar surface area (TPSA) is 65.0 Å². The number of ether oxygens (including phenoxy) is 2. The Bertz CT molecular complexity index is 1570. The van der Waals surface area contributed by atoms with E-state index >= 15 is 0 Å². The molecule has 0 saturated heterocycles. The lowest BCUT2D eigenvalue weighted by atomic mass is 9.88. The number of benzene rings is 1. The Morgan fingerprint density at radius 1 is 0.712 bits per heavy atom. The van der Waals surface area contributed by atoms with Crippen LogP contribution >= 0.6 is 0 Å². The van der Waals surface area contributed by atoms with E-state index in [1.165, 1.54) is 58.0 Å². The minimum atomic E-state index is -8.68. The number of allylic oxidation sites excluding steroid dienone is 3. The van der Waals surface area contributed by atoms with Crippen LogP contribution in [0, 0.1) is 5.92 Å². The number of carbonyl (C=O) groups excluding carboxylic acids is 1. The summed E-state index contributed by atoms with van der Waals surface area (Å²) >= 11 is 0. The number of hydrogen-bond donors (Lipinski definition) is 1. The monoisotopic (exact) mass is 908 g/mol. The van der Waals surface area contributed by atoms with E-state index in [1.54, 1.807) is 32.9 Å². The van der Waals surface area contributed by atoms with Crippen molar-refractivity contribution in [2.45, 2.75) is 132 Å². The number of carbonyl (C=O) groups is 1. The molecule has 0 radical (unpaired) electrons. The molecule has 342 valence electrons. The number of rotatable bonds is 23. The molecule has 1 rings (SSSR count). The average Bonchev–Trinajstić information content (AvgIpc) is 3.09. The molecule has 0 saturated carbocycles. The van der Waals surface area contributed by atoms with E-state index in [0.29, 0.717) is 17.6 Å². The second kappa shape index (κ2) is 19.3. The van der Waals surface area contributed by atoms with Crippen LogP contribution in [0.4, 0.5) is 74.6 Å². The highest BCUT2D eigenvalue weighted by atomic mass is 28.4. The zero-order chi connectivity index (χ0) is 46.4. The summed E-state index contributed by atoms with van der Waals surface area (Å²) in [7, 11) is -3.94. The lowest BCUT2D eigenvalue weighted by Gasteiger charge is -2.44. The van der Waals surface area contributed by atoms with Crippen LogP contribution in [0.5, 0.6) is 5.75 Å². The van der Waals surface area contributed by atoms with Crippen molar-refractivity contribution >= 4 is 14.3 Å². The van der Waals surface area contributed by atoms with Gasteiger partial charge in [-0.25, -0.2) is 4.79 Å². The summed E-state index contributed by atoms with van der Waals surface area (Å²) < 4.78 is 251. The summed E-state index contributed by atoms with van der Waals surface area (Å²) in [4.78, 5) is 11.5. The molecule has 0 fully saturated rings. The zero-order valence-corrected chi connectivity index (χ0v) is 33.6. The van der Waals surface area contributed by atoms with Gasteiger partial charge in [-0.1, -0.05) is 58.9 Å². The Morgan fingerprint density at radius 3 is 1.61 bits per heavy atom. The van der Waals surface area contributed by atoms with Gasteiger partial charge in [0.2, 0.25) is 0 Å². The van der Waals surface area contributed by atoms with Gasteiger partial charge >= 0.3 is 53.6 Å². The first-order valence-electron chi connectivity index (χ1n) is 17.7.